The standard InChI is InChI=1S/C6H14N2O4/c7-3-5(11)4(10)2(1-9)12-6(3)8/h2-6,9-11H,1,7-8H2/t2-,3-,4+,5-,6?/m1/s1. The van der Waals surface area contributed by atoms with Gasteiger partial charge in [-0.25, -0.2) is 0 Å². The fourth-order valence-corrected chi connectivity index (χ4v) is 1.17. The predicted octanol–water partition coefficient (Wildman–Crippen LogP) is -3.29. The quantitative estimate of drug-likeness (QED) is 0.287. The highest BCUT2D eigenvalue weighted by Gasteiger charge is 2.40. The van der Waals surface area contributed by atoms with Crippen molar-refractivity contribution in [1.82, 2.24) is 0 Å². The van der Waals surface area contributed by atoms with Crippen molar-refractivity contribution in [1.29, 1.82) is 0 Å². The fourth-order valence-electron chi connectivity index (χ4n) is 1.17. The maximum atomic E-state index is 9.27. The van der Waals surface area contributed by atoms with Crippen LogP contribution in [0.1, 0.15) is 0 Å². The summed E-state index contributed by atoms with van der Waals surface area (Å²) in [7, 11) is 0. The molecule has 0 aliphatic carbocycles. The van der Waals surface area contributed by atoms with E-state index >= 15 is 0 Å². The summed E-state index contributed by atoms with van der Waals surface area (Å²) in [5, 5.41) is 27.2. The van der Waals surface area contributed by atoms with Gasteiger partial charge in [0.1, 0.15) is 24.5 Å². The Morgan fingerprint density at radius 1 is 1.17 bits per heavy atom. The third-order valence-corrected chi connectivity index (χ3v) is 2.02. The number of ether oxygens (including phenoxy) is 1. The van der Waals surface area contributed by atoms with Gasteiger partial charge in [-0.1, -0.05) is 0 Å². The molecule has 0 spiro atoms. The van der Waals surface area contributed by atoms with Gasteiger partial charge in [-0.15, -0.1) is 0 Å². The minimum Gasteiger partial charge on any atom is -0.394 e. The summed E-state index contributed by atoms with van der Waals surface area (Å²) in [6, 6.07) is -0.817. The second kappa shape index (κ2) is 3.65. The van der Waals surface area contributed by atoms with E-state index in [4.69, 9.17) is 21.3 Å². The van der Waals surface area contributed by atoms with Gasteiger partial charge < -0.3 is 31.5 Å². The molecule has 0 saturated carbocycles. The van der Waals surface area contributed by atoms with Gasteiger partial charge in [0.05, 0.1) is 12.6 Å². The Hall–Kier alpha value is -0.240. The summed E-state index contributed by atoms with van der Waals surface area (Å²) in [5.41, 5.74) is 10.8. The highest BCUT2D eigenvalue weighted by atomic mass is 16.5. The normalized spacial score (nSPS) is 49.2. The van der Waals surface area contributed by atoms with E-state index in [0.717, 1.165) is 0 Å². The number of nitrogens with two attached hydrogens (primary N) is 2. The summed E-state index contributed by atoms with van der Waals surface area (Å²) in [6.45, 7) is -0.390. The highest BCUT2D eigenvalue weighted by Crippen LogP contribution is 2.16. The lowest BCUT2D eigenvalue weighted by atomic mass is 9.97. The van der Waals surface area contributed by atoms with Crippen LogP contribution in [0.5, 0.6) is 0 Å². The summed E-state index contributed by atoms with van der Waals surface area (Å²) >= 11 is 0. The van der Waals surface area contributed by atoms with Crippen molar-refractivity contribution in [2.75, 3.05) is 6.61 Å². The molecule has 0 radical (unpaired) electrons. The van der Waals surface area contributed by atoms with E-state index in [1.807, 2.05) is 0 Å². The van der Waals surface area contributed by atoms with Crippen molar-refractivity contribution in [2.24, 2.45) is 11.5 Å². The van der Waals surface area contributed by atoms with Crippen LogP contribution in [0, 0.1) is 0 Å². The highest BCUT2D eigenvalue weighted by molar-refractivity contribution is 4.92. The van der Waals surface area contributed by atoms with Gasteiger partial charge in [0.15, 0.2) is 0 Å². The summed E-state index contributed by atoms with van der Waals surface area (Å²) in [6.07, 6.45) is -4.02. The molecule has 1 unspecified atom stereocenters. The van der Waals surface area contributed by atoms with Crippen LogP contribution in [0.3, 0.4) is 0 Å². The molecule has 0 aromatic carbocycles. The minimum absolute atomic E-state index is 0.390. The van der Waals surface area contributed by atoms with Gasteiger partial charge >= 0.3 is 0 Å². The van der Waals surface area contributed by atoms with Gasteiger partial charge in [0.25, 0.3) is 0 Å². The van der Waals surface area contributed by atoms with E-state index in [9.17, 15) is 10.2 Å². The Balaban J connectivity index is 2.63. The van der Waals surface area contributed by atoms with Gasteiger partial charge in [0, 0.05) is 0 Å². The van der Waals surface area contributed by atoms with Crippen LogP contribution in [0.4, 0.5) is 0 Å². The van der Waals surface area contributed by atoms with Gasteiger partial charge in [-0.05, 0) is 0 Å². The molecule has 5 atom stereocenters. The molecule has 1 heterocycles. The maximum absolute atomic E-state index is 9.27. The Labute approximate surface area is 69.7 Å². The molecule has 0 bridgehead atoms. The molecule has 7 N–H and O–H groups in total. The Morgan fingerprint density at radius 2 is 1.75 bits per heavy atom. The first-order valence-electron chi connectivity index (χ1n) is 3.71. The fraction of sp³-hybridized carbons (Fsp3) is 1.00. The third-order valence-electron chi connectivity index (χ3n) is 2.02. The van der Waals surface area contributed by atoms with Crippen molar-refractivity contribution >= 4 is 0 Å². The summed E-state index contributed by atoms with van der Waals surface area (Å²) in [5.74, 6) is 0. The van der Waals surface area contributed by atoms with Crippen molar-refractivity contribution < 1.29 is 20.1 Å². The van der Waals surface area contributed by atoms with Crippen LogP contribution >= 0.6 is 0 Å². The lowest BCUT2D eigenvalue weighted by molar-refractivity contribution is -0.186. The smallest absolute Gasteiger partial charge is 0.124 e. The first kappa shape index (κ1) is 9.85. The first-order chi connectivity index (χ1) is 5.57. The van der Waals surface area contributed by atoms with Crippen LogP contribution in [0.25, 0.3) is 0 Å². The molecule has 0 aromatic rings. The van der Waals surface area contributed by atoms with Crippen LogP contribution in [-0.2, 0) is 4.74 Å². The Kier molecular flexibility index (Phi) is 2.99. The number of hydrogen-bond acceptors (Lipinski definition) is 6. The summed E-state index contributed by atoms with van der Waals surface area (Å²) < 4.78 is 4.92. The molecular formula is C6H14N2O4. The van der Waals surface area contributed by atoms with E-state index in [2.05, 4.69) is 0 Å². The second-order valence-electron chi connectivity index (χ2n) is 2.88. The molecule has 6 nitrogen and oxygen atoms in total. The zero-order chi connectivity index (χ0) is 9.30. The molecule has 72 valence electrons. The van der Waals surface area contributed by atoms with E-state index in [0.29, 0.717) is 0 Å². The maximum Gasteiger partial charge on any atom is 0.124 e. The third kappa shape index (κ3) is 1.58. The van der Waals surface area contributed by atoms with Crippen molar-refractivity contribution in [3.63, 3.8) is 0 Å². The SMILES string of the molecule is NC1O[C@H](CO)[C@H](O)[C@H](O)[C@H]1N. The largest absolute Gasteiger partial charge is 0.394 e. The lowest BCUT2D eigenvalue weighted by Gasteiger charge is -2.38. The number of aliphatic hydroxyl groups is 3. The molecular weight excluding hydrogens is 164 g/mol. The molecule has 1 saturated heterocycles. The number of aliphatic hydroxyl groups excluding tert-OH is 3. The van der Waals surface area contributed by atoms with E-state index < -0.39 is 37.2 Å². The zero-order valence-corrected chi connectivity index (χ0v) is 6.50. The Morgan fingerprint density at radius 3 is 2.25 bits per heavy atom. The van der Waals surface area contributed by atoms with Crippen LogP contribution in [0.15, 0.2) is 0 Å². The minimum atomic E-state index is -1.18. The topological polar surface area (TPSA) is 122 Å². The zero-order valence-electron chi connectivity index (χ0n) is 6.50. The monoisotopic (exact) mass is 178 g/mol. The molecule has 0 aromatic heterocycles. The molecule has 0 amide bonds. The van der Waals surface area contributed by atoms with E-state index in [-0.39, 0.29) is 0 Å². The summed E-state index contributed by atoms with van der Waals surface area (Å²) in [4.78, 5) is 0. The molecule has 1 rings (SSSR count). The van der Waals surface area contributed by atoms with Crippen molar-refractivity contribution in [3.05, 3.63) is 0 Å². The van der Waals surface area contributed by atoms with Crippen LogP contribution in [0.2, 0.25) is 0 Å². The Bertz CT molecular complexity index is 152. The average Bonchev–Trinajstić information content (AvgIpc) is 2.08. The van der Waals surface area contributed by atoms with Gasteiger partial charge in [-0.2, -0.15) is 0 Å². The lowest BCUT2D eigenvalue weighted by Crippen LogP contribution is -2.64. The first-order valence-corrected chi connectivity index (χ1v) is 3.71. The average molecular weight is 178 g/mol. The predicted molar refractivity (Wildman–Crippen MR) is 39.9 cm³/mol. The van der Waals surface area contributed by atoms with E-state index in [1.54, 1.807) is 0 Å². The number of rotatable bonds is 1. The van der Waals surface area contributed by atoms with Crippen molar-refractivity contribution in [2.45, 2.75) is 30.6 Å². The molecule has 1 fully saturated rings. The molecule has 6 heteroatoms. The van der Waals surface area contributed by atoms with Crippen LogP contribution < -0.4 is 11.5 Å². The van der Waals surface area contributed by atoms with Gasteiger partial charge in [-0.3, -0.25) is 0 Å². The van der Waals surface area contributed by atoms with Crippen LogP contribution in [-0.4, -0.2) is 52.5 Å². The molecule has 1 aliphatic heterocycles. The molecule has 1 aliphatic rings. The van der Waals surface area contributed by atoms with Crippen molar-refractivity contribution in [3.8, 4) is 0 Å². The second-order valence-corrected chi connectivity index (χ2v) is 2.88. The van der Waals surface area contributed by atoms with Gasteiger partial charge in [0.2, 0.25) is 0 Å². The number of hydrogen-bond donors (Lipinski definition) is 5. The van der Waals surface area contributed by atoms with E-state index in [1.165, 1.54) is 0 Å². The molecule has 12 heavy (non-hydrogen) atoms.